The lowest BCUT2D eigenvalue weighted by molar-refractivity contribution is -0.384. The number of carbonyl (C=O) groups excluding carboxylic acids is 1. The number of hydrogen-bond donors (Lipinski definition) is 0. The van der Waals surface area contributed by atoms with Gasteiger partial charge >= 0.3 is 0 Å². The highest BCUT2D eigenvalue weighted by Crippen LogP contribution is 2.32. The number of piperazine rings is 1. The summed E-state index contributed by atoms with van der Waals surface area (Å²) in [6, 6.07) is 11.5. The van der Waals surface area contributed by atoms with E-state index in [1.165, 1.54) is 12.1 Å². The van der Waals surface area contributed by atoms with Crippen molar-refractivity contribution in [2.75, 3.05) is 44.2 Å². The molecule has 0 radical (unpaired) electrons. The van der Waals surface area contributed by atoms with Crippen LogP contribution < -0.4 is 4.90 Å². The highest BCUT2D eigenvalue weighted by Gasteiger charge is 2.27. The van der Waals surface area contributed by atoms with E-state index in [-0.39, 0.29) is 17.4 Å². The minimum Gasteiger partial charge on any atom is -0.366 e. The number of halogens is 1. The molecule has 2 heterocycles. The first-order valence-corrected chi connectivity index (χ1v) is 10.3. The number of carbonyl (C=O) groups is 1. The van der Waals surface area contributed by atoms with Crippen LogP contribution in [0, 0.1) is 15.9 Å². The quantitative estimate of drug-likeness (QED) is 0.557. The minimum absolute atomic E-state index is 0.0130. The number of nitro groups is 1. The van der Waals surface area contributed by atoms with Crippen molar-refractivity contribution in [1.82, 2.24) is 9.80 Å². The SMILES string of the molecule is O=C(c1ccc(N2CCCC2)c([N+](=O)[O-])c1)N1CCN(Cc2ccccc2F)CC1. The van der Waals surface area contributed by atoms with Gasteiger partial charge in [-0.15, -0.1) is 0 Å². The van der Waals surface area contributed by atoms with E-state index in [9.17, 15) is 19.3 Å². The van der Waals surface area contributed by atoms with Gasteiger partial charge in [0.05, 0.1) is 4.92 Å². The zero-order valence-electron chi connectivity index (χ0n) is 16.8. The lowest BCUT2D eigenvalue weighted by Crippen LogP contribution is -2.48. The Morgan fingerprint density at radius 3 is 2.37 bits per heavy atom. The summed E-state index contributed by atoms with van der Waals surface area (Å²) in [4.78, 5) is 30.0. The summed E-state index contributed by atoms with van der Waals surface area (Å²) in [5.41, 5.74) is 1.56. The van der Waals surface area contributed by atoms with E-state index in [1.54, 1.807) is 29.2 Å². The Labute approximate surface area is 174 Å². The largest absolute Gasteiger partial charge is 0.366 e. The molecule has 2 saturated heterocycles. The Morgan fingerprint density at radius 2 is 1.70 bits per heavy atom. The molecule has 7 nitrogen and oxygen atoms in total. The average Bonchev–Trinajstić information content (AvgIpc) is 3.30. The first-order valence-electron chi connectivity index (χ1n) is 10.3. The zero-order valence-corrected chi connectivity index (χ0v) is 16.8. The van der Waals surface area contributed by atoms with E-state index in [4.69, 9.17) is 0 Å². The fourth-order valence-corrected chi connectivity index (χ4v) is 4.19. The van der Waals surface area contributed by atoms with Gasteiger partial charge in [-0.2, -0.15) is 0 Å². The molecular formula is C22H25FN4O3. The number of benzene rings is 2. The molecule has 0 N–H and O–H groups in total. The summed E-state index contributed by atoms with van der Waals surface area (Å²) < 4.78 is 13.9. The van der Waals surface area contributed by atoms with Gasteiger partial charge in [0, 0.05) is 63.0 Å². The third kappa shape index (κ3) is 4.28. The highest BCUT2D eigenvalue weighted by atomic mass is 19.1. The molecule has 158 valence electrons. The van der Waals surface area contributed by atoms with Crippen LogP contribution in [0.25, 0.3) is 0 Å². The maximum Gasteiger partial charge on any atom is 0.293 e. The molecule has 4 rings (SSSR count). The molecule has 2 fully saturated rings. The monoisotopic (exact) mass is 412 g/mol. The van der Waals surface area contributed by atoms with E-state index >= 15 is 0 Å². The summed E-state index contributed by atoms with van der Waals surface area (Å²) in [5, 5.41) is 11.6. The van der Waals surface area contributed by atoms with Gasteiger partial charge < -0.3 is 9.80 Å². The first-order chi connectivity index (χ1) is 14.5. The molecule has 0 bridgehead atoms. The molecule has 0 aromatic heterocycles. The van der Waals surface area contributed by atoms with Crippen molar-refractivity contribution in [1.29, 1.82) is 0 Å². The van der Waals surface area contributed by atoms with Gasteiger partial charge in [0.15, 0.2) is 0 Å². The average molecular weight is 412 g/mol. The van der Waals surface area contributed by atoms with Crippen molar-refractivity contribution in [3.63, 3.8) is 0 Å². The van der Waals surface area contributed by atoms with Crippen LogP contribution in [-0.2, 0) is 6.54 Å². The topological polar surface area (TPSA) is 69.9 Å². The molecule has 2 aromatic rings. The first kappa shape index (κ1) is 20.3. The second kappa shape index (κ2) is 8.79. The van der Waals surface area contributed by atoms with E-state index < -0.39 is 4.92 Å². The molecule has 2 aromatic carbocycles. The Bertz CT molecular complexity index is 938. The smallest absolute Gasteiger partial charge is 0.293 e. The van der Waals surface area contributed by atoms with Gasteiger partial charge in [-0.25, -0.2) is 4.39 Å². The lowest BCUT2D eigenvalue weighted by atomic mass is 10.1. The van der Waals surface area contributed by atoms with E-state index in [1.807, 2.05) is 11.0 Å². The number of nitro benzene ring substituents is 1. The summed E-state index contributed by atoms with van der Waals surface area (Å²) >= 11 is 0. The standard InChI is InChI=1S/C22H25FN4O3/c23-19-6-2-1-5-18(19)16-24-11-13-26(14-12-24)22(28)17-7-8-20(21(15-17)27(29)30)25-9-3-4-10-25/h1-2,5-8,15H,3-4,9-14,16H2. The fraction of sp³-hybridized carbons (Fsp3) is 0.409. The van der Waals surface area contributed by atoms with Crippen LogP contribution in [0.1, 0.15) is 28.8 Å². The van der Waals surface area contributed by atoms with Gasteiger partial charge in [0.25, 0.3) is 11.6 Å². The van der Waals surface area contributed by atoms with Gasteiger partial charge in [-0.05, 0) is 31.0 Å². The maximum absolute atomic E-state index is 13.9. The van der Waals surface area contributed by atoms with Crippen LogP contribution in [0.5, 0.6) is 0 Å². The Kier molecular flexibility index (Phi) is 5.94. The zero-order chi connectivity index (χ0) is 21.1. The van der Waals surface area contributed by atoms with Gasteiger partial charge in [-0.1, -0.05) is 18.2 Å². The maximum atomic E-state index is 13.9. The predicted octanol–water partition coefficient (Wildman–Crippen LogP) is 3.29. The predicted molar refractivity (Wildman–Crippen MR) is 112 cm³/mol. The Morgan fingerprint density at radius 1 is 1.00 bits per heavy atom. The van der Waals surface area contributed by atoms with E-state index in [0.29, 0.717) is 49.5 Å². The van der Waals surface area contributed by atoms with Crippen LogP contribution in [0.4, 0.5) is 15.8 Å². The molecule has 0 saturated carbocycles. The molecule has 1 amide bonds. The van der Waals surface area contributed by atoms with Crippen molar-refractivity contribution >= 4 is 17.3 Å². The normalized spacial score (nSPS) is 17.4. The van der Waals surface area contributed by atoms with Crippen molar-refractivity contribution in [2.45, 2.75) is 19.4 Å². The summed E-state index contributed by atoms with van der Waals surface area (Å²) in [5.74, 6) is -0.418. The highest BCUT2D eigenvalue weighted by molar-refractivity contribution is 5.96. The number of anilines is 1. The molecule has 2 aliphatic rings. The number of amides is 1. The van der Waals surface area contributed by atoms with Crippen molar-refractivity contribution in [3.05, 3.63) is 69.5 Å². The van der Waals surface area contributed by atoms with Crippen LogP contribution in [-0.4, -0.2) is 59.9 Å². The molecular weight excluding hydrogens is 387 g/mol. The molecule has 0 aliphatic carbocycles. The third-order valence-electron chi connectivity index (χ3n) is 5.88. The van der Waals surface area contributed by atoms with Crippen LogP contribution in [0.15, 0.2) is 42.5 Å². The van der Waals surface area contributed by atoms with Gasteiger partial charge in [-0.3, -0.25) is 19.8 Å². The van der Waals surface area contributed by atoms with Crippen LogP contribution >= 0.6 is 0 Å². The van der Waals surface area contributed by atoms with Crippen molar-refractivity contribution in [2.24, 2.45) is 0 Å². The van der Waals surface area contributed by atoms with Crippen molar-refractivity contribution < 1.29 is 14.1 Å². The van der Waals surface area contributed by atoms with Gasteiger partial charge in [0.2, 0.25) is 0 Å². The molecule has 8 heteroatoms. The van der Waals surface area contributed by atoms with Crippen LogP contribution in [0.2, 0.25) is 0 Å². The second-order valence-electron chi connectivity index (χ2n) is 7.81. The second-order valence-corrected chi connectivity index (χ2v) is 7.81. The minimum atomic E-state index is -0.406. The number of hydrogen-bond acceptors (Lipinski definition) is 5. The molecule has 30 heavy (non-hydrogen) atoms. The molecule has 0 atom stereocenters. The molecule has 0 spiro atoms. The molecule has 2 aliphatic heterocycles. The summed E-state index contributed by atoms with van der Waals surface area (Å²) in [7, 11) is 0. The molecule has 0 unspecified atom stereocenters. The fourth-order valence-electron chi connectivity index (χ4n) is 4.19. The lowest BCUT2D eigenvalue weighted by Gasteiger charge is -2.34. The van der Waals surface area contributed by atoms with Gasteiger partial charge in [0.1, 0.15) is 11.5 Å². The Hall–Kier alpha value is -3.00. The van der Waals surface area contributed by atoms with E-state index in [2.05, 4.69) is 4.90 Å². The Balaban J connectivity index is 1.42. The summed E-state index contributed by atoms with van der Waals surface area (Å²) in [6.07, 6.45) is 2.05. The third-order valence-corrected chi connectivity index (χ3v) is 5.88. The van der Waals surface area contributed by atoms with E-state index in [0.717, 1.165) is 25.9 Å². The van der Waals surface area contributed by atoms with Crippen LogP contribution in [0.3, 0.4) is 0 Å². The number of nitrogens with zero attached hydrogens (tertiary/aromatic N) is 4. The van der Waals surface area contributed by atoms with Crippen molar-refractivity contribution in [3.8, 4) is 0 Å². The number of rotatable bonds is 5. The summed E-state index contributed by atoms with van der Waals surface area (Å²) in [6.45, 7) is 4.40.